The molecule has 106 valence electrons. The van der Waals surface area contributed by atoms with Gasteiger partial charge in [0.05, 0.1) is 0 Å². The van der Waals surface area contributed by atoms with Gasteiger partial charge in [0.2, 0.25) is 0 Å². The summed E-state index contributed by atoms with van der Waals surface area (Å²) in [5.41, 5.74) is 0.817. The summed E-state index contributed by atoms with van der Waals surface area (Å²) in [6.45, 7) is 5.23. The predicted octanol–water partition coefficient (Wildman–Crippen LogP) is 4.99. The van der Waals surface area contributed by atoms with E-state index in [1.165, 1.54) is 32.1 Å². The first kappa shape index (κ1) is 15.0. The second-order valence-electron chi connectivity index (χ2n) is 5.60. The molecule has 1 nitrogen and oxygen atoms in total. The number of likely N-dealkylation sites (tertiary alicyclic amines) is 1. The van der Waals surface area contributed by atoms with Crippen molar-refractivity contribution in [1.82, 2.24) is 4.90 Å². The second kappa shape index (κ2) is 7.39. The fraction of sp³-hybridized carbons (Fsp3) is 0.625. The lowest BCUT2D eigenvalue weighted by atomic mass is 9.96. The van der Waals surface area contributed by atoms with Gasteiger partial charge in [-0.05, 0) is 50.4 Å². The zero-order valence-corrected chi connectivity index (χ0v) is 13.3. The molecule has 0 bridgehead atoms. The van der Waals surface area contributed by atoms with E-state index in [4.69, 9.17) is 0 Å². The highest BCUT2D eigenvalue weighted by atomic mass is 79.9. The average molecular weight is 328 g/mol. The zero-order valence-electron chi connectivity index (χ0n) is 11.7. The smallest absolute Gasteiger partial charge is 0.128 e. The van der Waals surface area contributed by atoms with Crippen molar-refractivity contribution in [3.05, 3.63) is 34.1 Å². The molecule has 0 aliphatic carbocycles. The highest BCUT2D eigenvalue weighted by Crippen LogP contribution is 2.24. The Morgan fingerprint density at radius 2 is 2.16 bits per heavy atom. The van der Waals surface area contributed by atoms with Crippen molar-refractivity contribution in [1.29, 1.82) is 0 Å². The van der Waals surface area contributed by atoms with Crippen molar-refractivity contribution < 1.29 is 4.39 Å². The minimum Gasteiger partial charge on any atom is -0.299 e. The third-order valence-corrected chi connectivity index (χ3v) is 4.54. The molecule has 2 rings (SSSR count). The highest BCUT2D eigenvalue weighted by molar-refractivity contribution is 9.10. The van der Waals surface area contributed by atoms with Crippen molar-refractivity contribution in [2.24, 2.45) is 5.92 Å². The predicted molar refractivity (Wildman–Crippen MR) is 81.6 cm³/mol. The minimum absolute atomic E-state index is 0.0938. The number of rotatable bonds is 4. The van der Waals surface area contributed by atoms with Gasteiger partial charge in [0.25, 0.3) is 0 Å². The molecule has 0 radical (unpaired) electrons. The van der Waals surface area contributed by atoms with Crippen molar-refractivity contribution in [3.8, 4) is 0 Å². The molecular weight excluding hydrogens is 305 g/mol. The number of hydrogen-bond acceptors (Lipinski definition) is 1. The van der Waals surface area contributed by atoms with Crippen LogP contribution in [0.3, 0.4) is 0 Å². The normalized spacial score (nSPS) is 21.3. The summed E-state index contributed by atoms with van der Waals surface area (Å²) in [7, 11) is 0. The van der Waals surface area contributed by atoms with E-state index in [9.17, 15) is 4.39 Å². The van der Waals surface area contributed by atoms with Gasteiger partial charge in [0.15, 0.2) is 0 Å². The van der Waals surface area contributed by atoms with E-state index < -0.39 is 0 Å². The topological polar surface area (TPSA) is 3.24 Å². The number of hydrogen-bond donors (Lipinski definition) is 0. The summed E-state index contributed by atoms with van der Waals surface area (Å²) in [4.78, 5) is 2.40. The molecule has 0 amide bonds. The molecule has 1 saturated heterocycles. The molecule has 1 fully saturated rings. The van der Waals surface area contributed by atoms with E-state index in [0.717, 1.165) is 35.6 Å². The van der Waals surface area contributed by atoms with Gasteiger partial charge in [-0.15, -0.1) is 0 Å². The van der Waals surface area contributed by atoms with Crippen molar-refractivity contribution in [3.63, 3.8) is 0 Å². The van der Waals surface area contributed by atoms with Crippen LogP contribution in [-0.2, 0) is 6.54 Å². The molecule has 19 heavy (non-hydrogen) atoms. The Hall–Kier alpha value is -0.410. The van der Waals surface area contributed by atoms with E-state index in [-0.39, 0.29) is 5.82 Å². The van der Waals surface area contributed by atoms with Gasteiger partial charge in [0.1, 0.15) is 5.82 Å². The molecule has 1 aromatic carbocycles. The van der Waals surface area contributed by atoms with Gasteiger partial charge >= 0.3 is 0 Å². The summed E-state index contributed by atoms with van der Waals surface area (Å²) >= 11 is 3.31. The number of nitrogens with zero attached hydrogens (tertiary/aromatic N) is 1. The largest absolute Gasteiger partial charge is 0.299 e. The fourth-order valence-corrected chi connectivity index (χ4v) is 3.30. The van der Waals surface area contributed by atoms with Crippen LogP contribution in [0.2, 0.25) is 0 Å². The first-order valence-electron chi connectivity index (χ1n) is 7.35. The third kappa shape index (κ3) is 4.57. The van der Waals surface area contributed by atoms with Gasteiger partial charge in [0, 0.05) is 16.6 Å². The maximum atomic E-state index is 13.8. The van der Waals surface area contributed by atoms with E-state index in [0.29, 0.717) is 0 Å². The number of halogens is 2. The Bertz CT molecular complexity index is 408. The highest BCUT2D eigenvalue weighted by Gasteiger charge is 2.17. The van der Waals surface area contributed by atoms with Crippen LogP contribution < -0.4 is 0 Å². The van der Waals surface area contributed by atoms with Crippen LogP contribution in [0.1, 0.15) is 44.6 Å². The lowest BCUT2D eigenvalue weighted by Gasteiger charge is -2.20. The molecule has 0 saturated carbocycles. The van der Waals surface area contributed by atoms with Crippen molar-refractivity contribution in [2.75, 3.05) is 13.1 Å². The SMILES string of the molecule is CCCC1CCCN(Cc2ccc(Br)cc2F)CC1. The summed E-state index contributed by atoms with van der Waals surface area (Å²) in [5, 5.41) is 0. The minimum atomic E-state index is -0.0938. The molecule has 1 atom stereocenters. The molecule has 1 aromatic rings. The van der Waals surface area contributed by atoms with E-state index >= 15 is 0 Å². The van der Waals surface area contributed by atoms with Gasteiger partial charge in [-0.1, -0.05) is 41.8 Å². The Balaban J connectivity index is 1.92. The molecule has 1 aliphatic heterocycles. The first-order chi connectivity index (χ1) is 9.19. The van der Waals surface area contributed by atoms with Gasteiger partial charge in [-0.25, -0.2) is 4.39 Å². The number of benzene rings is 1. The molecular formula is C16H23BrFN. The van der Waals surface area contributed by atoms with Crippen LogP contribution in [0.4, 0.5) is 4.39 Å². The van der Waals surface area contributed by atoms with Crippen molar-refractivity contribution >= 4 is 15.9 Å². The monoisotopic (exact) mass is 327 g/mol. The summed E-state index contributed by atoms with van der Waals surface area (Å²) < 4.78 is 14.7. The van der Waals surface area contributed by atoms with Gasteiger partial charge in [-0.2, -0.15) is 0 Å². The van der Waals surface area contributed by atoms with Crippen LogP contribution in [0.25, 0.3) is 0 Å². The molecule has 1 unspecified atom stereocenters. The van der Waals surface area contributed by atoms with Crippen LogP contribution in [0.5, 0.6) is 0 Å². The van der Waals surface area contributed by atoms with E-state index in [2.05, 4.69) is 27.8 Å². The summed E-state index contributed by atoms with van der Waals surface area (Å²) in [5.74, 6) is 0.786. The molecule has 0 N–H and O–H groups in total. The van der Waals surface area contributed by atoms with Crippen LogP contribution >= 0.6 is 15.9 Å². The Morgan fingerprint density at radius 1 is 1.32 bits per heavy atom. The summed E-state index contributed by atoms with van der Waals surface area (Å²) in [6.07, 6.45) is 6.49. The van der Waals surface area contributed by atoms with Crippen LogP contribution in [0, 0.1) is 11.7 Å². The lowest BCUT2D eigenvalue weighted by Crippen LogP contribution is -2.24. The van der Waals surface area contributed by atoms with E-state index in [1.807, 2.05) is 12.1 Å². The Kier molecular flexibility index (Phi) is 5.83. The van der Waals surface area contributed by atoms with E-state index in [1.54, 1.807) is 6.07 Å². The molecule has 0 spiro atoms. The van der Waals surface area contributed by atoms with Crippen molar-refractivity contribution in [2.45, 2.75) is 45.6 Å². The van der Waals surface area contributed by atoms with Crippen LogP contribution in [0.15, 0.2) is 22.7 Å². The fourth-order valence-electron chi connectivity index (χ4n) is 2.97. The zero-order chi connectivity index (χ0) is 13.7. The Labute approximate surface area is 124 Å². The Morgan fingerprint density at radius 3 is 2.89 bits per heavy atom. The maximum Gasteiger partial charge on any atom is 0.128 e. The maximum absolute atomic E-state index is 13.8. The average Bonchev–Trinajstić information content (AvgIpc) is 2.59. The standard InChI is InChI=1S/C16H23BrFN/c1-2-4-13-5-3-9-19(10-8-13)12-14-6-7-15(17)11-16(14)18/h6-7,11,13H,2-5,8-10,12H2,1H3. The van der Waals surface area contributed by atoms with Gasteiger partial charge in [-0.3, -0.25) is 4.90 Å². The van der Waals surface area contributed by atoms with Crippen LogP contribution in [-0.4, -0.2) is 18.0 Å². The molecule has 0 aromatic heterocycles. The quantitative estimate of drug-likeness (QED) is 0.752. The summed E-state index contributed by atoms with van der Waals surface area (Å²) in [6, 6.07) is 5.39. The second-order valence-corrected chi connectivity index (χ2v) is 6.51. The molecule has 3 heteroatoms. The third-order valence-electron chi connectivity index (χ3n) is 4.05. The lowest BCUT2D eigenvalue weighted by molar-refractivity contribution is 0.267. The first-order valence-corrected chi connectivity index (χ1v) is 8.14. The van der Waals surface area contributed by atoms with Gasteiger partial charge < -0.3 is 0 Å². The molecule has 1 aliphatic rings. The molecule has 1 heterocycles.